The standard InChI is InChI=1S/C22H22N2O6/c1-5-30-22(26)16-8-6-7-9-17(16)24-21(25)15(13-23)10-14-11-18(27-2)20(29-4)19(12-14)28-3/h6-12H,5H2,1-4H3,(H,24,25)/b15-10+. The number of carbonyl (C=O) groups excluding carboxylic acids is 2. The van der Waals surface area contributed by atoms with Crippen LogP contribution in [0.15, 0.2) is 42.0 Å². The van der Waals surface area contributed by atoms with Crippen LogP contribution in [0.5, 0.6) is 17.2 Å². The van der Waals surface area contributed by atoms with Crippen LogP contribution in [0, 0.1) is 11.3 Å². The van der Waals surface area contributed by atoms with Gasteiger partial charge in [0.15, 0.2) is 11.5 Å². The highest BCUT2D eigenvalue weighted by Gasteiger charge is 2.18. The Morgan fingerprint density at radius 3 is 2.23 bits per heavy atom. The molecule has 0 aliphatic rings. The summed E-state index contributed by atoms with van der Waals surface area (Å²) < 4.78 is 20.8. The van der Waals surface area contributed by atoms with E-state index in [1.165, 1.54) is 33.5 Å². The molecular formula is C22H22N2O6. The molecule has 2 aromatic rings. The minimum Gasteiger partial charge on any atom is -0.493 e. The first kappa shape index (κ1) is 22.3. The fourth-order valence-electron chi connectivity index (χ4n) is 2.67. The molecule has 8 nitrogen and oxygen atoms in total. The Balaban J connectivity index is 2.38. The number of anilines is 1. The number of amides is 1. The summed E-state index contributed by atoms with van der Waals surface area (Å²) in [6.07, 6.45) is 1.38. The van der Waals surface area contributed by atoms with E-state index in [1.807, 2.05) is 6.07 Å². The van der Waals surface area contributed by atoms with Crippen LogP contribution in [0.2, 0.25) is 0 Å². The number of hydrogen-bond donors (Lipinski definition) is 1. The summed E-state index contributed by atoms with van der Waals surface area (Å²) in [7, 11) is 4.41. The molecule has 0 fully saturated rings. The molecule has 0 aliphatic carbocycles. The molecule has 156 valence electrons. The van der Waals surface area contributed by atoms with Gasteiger partial charge in [-0.3, -0.25) is 4.79 Å². The molecule has 0 bridgehead atoms. The van der Waals surface area contributed by atoms with E-state index in [2.05, 4.69) is 5.32 Å². The van der Waals surface area contributed by atoms with Gasteiger partial charge in [0, 0.05) is 0 Å². The second-order valence-corrected chi connectivity index (χ2v) is 5.85. The largest absolute Gasteiger partial charge is 0.493 e. The van der Waals surface area contributed by atoms with Crippen LogP contribution in [0.3, 0.4) is 0 Å². The van der Waals surface area contributed by atoms with Crippen molar-refractivity contribution in [2.75, 3.05) is 33.3 Å². The van der Waals surface area contributed by atoms with E-state index in [0.29, 0.717) is 22.8 Å². The zero-order valence-corrected chi connectivity index (χ0v) is 17.1. The van der Waals surface area contributed by atoms with Crippen molar-refractivity contribution in [3.8, 4) is 23.3 Å². The summed E-state index contributed by atoms with van der Waals surface area (Å²) >= 11 is 0. The Kier molecular flexibility index (Phi) is 7.82. The van der Waals surface area contributed by atoms with Crippen LogP contribution < -0.4 is 19.5 Å². The predicted molar refractivity (Wildman–Crippen MR) is 111 cm³/mol. The Labute approximate surface area is 174 Å². The molecular weight excluding hydrogens is 388 g/mol. The topological polar surface area (TPSA) is 107 Å². The van der Waals surface area contributed by atoms with Crippen LogP contribution in [0.1, 0.15) is 22.8 Å². The number of nitrogens with one attached hydrogen (secondary N) is 1. The number of hydrogen-bond acceptors (Lipinski definition) is 7. The maximum Gasteiger partial charge on any atom is 0.340 e. The Morgan fingerprint density at radius 2 is 1.70 bits per heavy atom. The number of esters is 1. The molecule has 1 amide bonds. The Morgan fingerprint density at radius 1 is 1.07 bits per heavy atom. The van der Waals surface area contributed by atoms with Crippen LogP contribution in [0.4, 0.5) is 5.69 Å². The van der Waals surface area contributed by atoms with Crippen LogP contribution >= 0.6 is 0 Å². The summed E-state index contributed by atoms with van der Waals surface area (Å²) in [6, 6.07) is 11.5. The first-order valence-corrected chi connectivity index (χ1v) is 8.98. The highest BCUT2D eigenvalue weighted by molar-refractivity contribution is 6.12. The van der Waals surface area contributed by atoms with Gasteiger partial charge < -0.3 is 24.3 Å². The second-order valence-electron chi connectivity index (χ2n) is 5.85. The minimum atomic E-state index is -0.678. The fourth-order valence-corrected chi connectivity index (χ4v) is 2.67. The number of rotatable bonds is 8. The summed E-state index contributed by atoms with van der Waals surface area (Å²) in [5.41, 5.74) is 0.752. The Bertz CT molecular complexity index is 982. The summed E-state index contributed by atoms with van der Waals surface area (Å²) in [5, 5.41) is 12.1. The third-order valence-electron chi connectivity index (χ3n) is 4.03. The van der Waals surface area contributed by atoms with Crippen molar-refractivity contribution < 1.29 is 28.5 Å². The summed E-state index contributed by atoms with van der Waals surface area (Å²) in [6.45, 7) is 1.89. The van der Waals surface area contributed by atoms with Crippen molar-refractivity contribution >= 4 is 23.6 Å². The lowest BCUT2D eigenvalue weighted by Gasteiger charge is -2.13. The van der Waals surface area contributed by atoms with Crippen LogP contribution in [-0.4, -0.2) is 39.8 Å². The molecule has 0 heterocycles. The first-order chi connectivity index (χ1) is 14.5. The lowest BCUT2D eigenvalue weighted by molar-refractivity contribution is -0.112. The molecule has 2 aromatic carbocycles. The SMILES string of the molecule is CCOC(=O)c1ccccc1NC(=O)/C(C#N)=C/c1cc(OC)c(OC)c(OC)c1. The summed E-state index contributed by atoms with van der Waals surface area (Å²) in [5.74, 6) is -0.0890. The van der Waals surface area contributed by atoms with Crippen LogP contribution in [-0.2, 0) is 9.53 Å². The number of nitriles is 1. The molecule has 30 heavy (non-hydrogen) atoms. The lowest BCUT2D eigenvalue weighted by Crippen LogP contribution is -2.17. The fraction of sp³-hybridized carbons (Fsp3) is 0.227. The molecule has 8 heteroatoms. The van der Waals surface area contributed by atoms with Gasteiger partial charge in [-0.05, 0) is 42.8 Å². The van der Waals surface area contributed by atoms with Crippen molar-refractivity contribution in [2.24, 2.45) is 0 Å². The molecule has 0 unspecified atom stereocenters. The smallest absolute Gasteiger partial charge is 0.340 e. The third kappa shape index (κ3) is 5.08. The van der Waals surface area contributed by atoms with E-state index in [9.17, 15) is 14.9 Å². The van der Waals surface area contributed by atoms with Gasteiger partial charge >= 0.3 is 5.97 Å². The third-order valence-corrected chi connectivity index (χ3v) is 4.03. The van der Waals surface area contributed by atoms with Crippen LogP contribution in [0.25, 0.3) is 6.08 Å². The van der Waals surface area contributed by atoms with Gasteiger partial charge in [-0.15, -0.1) is 0 Å². The molecule has 0 aliphatic heterocycles. The van der Waals surface area contributed by atoms with Crippen molar-refractivity contribution in [3.05, 3.63) is 53.1 Å². The molecule has 0 saturated carbocycles. The van der Waals surface area contributed by atoms with E-state index in [-0.39, 0.29) is 23.4 Å². The number of carbonyl (C=O) groups is 2. The predicted octanol–water partition coefficient (Wildman–Crippen LogP) is 3.43. The molecule has 0 saturated heterocycles. The number of ether oxygens (including phenoxy) is 4. The van der Waals surface area contributed by atoms with E-state index in [0.717, 1.165) is 0 Å². The monoisotopic (exact) mass is 410 g/mol. The number of para-hydroxylation sites is 1. The second kappa shape index (κ2) is 10.5. The van der Waals surface area contributed by atoms with E-state index >= 15 is 0 Å². The maximum absolute atomic E-state index is 12.7. The van der Waals surface area contributed by atoms with Crippen molar-refractivity contribution in [3.63, 3.8) is 0 Å². The number of nitrogens with zero attached hydrogens (tertiary/aromatic N) is 1. The van der Waals surface area contributed by atoms with E-state index < -0.39 is 11.9 Å². The van der Waals surface area contributed by atoms with Crippen molar-refractivity contribution in [1.82, 2.24) is 0 Å². The Hall–Kier alpha value is -3.99. The molecule has 2 rings (SSSR count). The number of methoxy groups -OCH3 is 3. The van der Waals surface area contributed by atoms with Gasteiger partial charge in [0.1, 0.15) is 11.6 Å². The van der Waals surface area contributed by atoms with Gasteiger partial charge in [-0.2, -0.15) is 5.26 Å². The normalized spacial score (nSPS) is 10.6. The van der Waals surface area contributed by atoms with Gasteiger partial charge in [0.05, 0.1) is 39.2 Å². The first-order valence-electron chi connectivity index (χ1n) is 8.98. The molecule has 0 aromatic heterocycles. The average Bonchev–Trinajstić information content (AvgIpc) is 2.76. The zero-order chi connectivity index (χ0) is 22.1. The van der Waals surface area contributed by atoms with Gasteiger partial charge in [-0.1, -0.05) is 12.1 Å². The van der Waals surface area contributed by atoms with E-state index in [1.54, 1.807) is 37.3 Å². The van der Waals surface area contributed by atoms with E-state index in [4.69, 9.17) is 18.9 Å². The van der Waals surface area contributed by atoms with Gasteiger partial charge in [-0.25, -0.2) is 4.79 Å². The molecule has 1 N–H and O–H groups in total. The molecule has 0 radical (unpaired) electrons. The molecule has 0 spiro atoms. The van der Waals surface area contributed by atoms with Crippen molar-refractivity contribution in [2.45, 2.75) is 6.92 Å². The molecule has 0 atom stereocenters. The highest BCUT2D eigenvalue weighted by atomic mass is 16.5. The quantitative estimate of drug-likeness (QED) is 0.404. The maximum atomic E-state index is 12.7. The number of benzene rings is 2. The van der Waals surface area contributed by atoms with Gasteiger partial charge in [0.2, 0.25) is 5.75 Å². The summed E-state index contributed by atoms with van der Waals surface area (Å²) in [4.78, 5) is 24.8. The van der Waals surface area contributed by atoms with Gasteiger partial charge in [0.25, 0.3) is 5.91 Å². The van der Waals surface area contributed by atoms with Crippen molar-refractivity contribution in [1.29, 1.82) is 5.26 Å². The zero-order valence-electron chi connectivity index (χ0n) is 17.1. The average molecular weight is 410 g/mol. The lowest BCUT2D eigenvalue weighted by atomic mass is 10.1. The minimum absolute atomic E-state index is 0.178. The highest BCUT2D eigenvalue weighted by Crippen LogP contribution is 2.38.